The summed E-state index contributed by atoms with van der Waals surface area (Å²) in [6.45, 7) is 0. The van der Waals surface area contributed by atoms with Crippen molar-refractivity contribution in [1.29, 1.82) is 0 Å². The predicted molar refractivity (Wildman–Crippen MR) is 90.6 cm³/mol. The second-order valence-corrected chi connectivity index (χ2v) is 5.08. The highest BCUT2D eigenvalue weighted by atomic mass is 16.5. The molecule has 0 aliphatic carbocycles. The summed E-state index contributed by atoms with van der Waals surface area (Å²) in [7, 11) is 4.54. The Bertz CT molecular complexity index is 666. The Morgan fingerprint density at radius 3 is 2.38 bits per heavy atom. The number of benzene rings is 1. The molecule has 1 aromatic carbocycles. The number of nitrogens with one attached hydrogen (secondary N) is 1. The third-order valence-corrected chi connectivity index (χ3v) is 3.45. The zero-order chi connectivity index (χ0) is 17.5. The second-order valence-electron chi connectivity index (χ2n) is 5.08. The number of hydrogen-bond acceptors (Lipinski definition) is 6. The summed E-state index contributed by atoms with van der Waals surface area (Å²) in [5.74, 6) is 1.05. The Morgan fingerprint density at radius 1 is 1.21 bits per heavy atom. The fourth-order valence-corrected chi connectivity index (χ4v) is 2.25. The van der Waals surface area contributed by atoms with Gasteiger partial charge in [-0.2, -0.15) is 0 Å². The molecule has 0 spiro atoms. The summed E-state index contributed by atoms with van der Waals surface area (Å²) in [6, 6.07) is 6.28. The van der Waals surface area contributed by atoms with E-state index in [1.54, 1.807) is 30.6 Å². The van der Waals surface area contributed by atoms with Gasteiger partial charge in [-0.25, -0.2) is 0 Å². The molecule has 1 aromatic heterocycles. The molecule has 0 fully saturated rings. The maximum absolute atomic E-state index is 12.3. The number of rotatable bonds is 7. The van der Waals surface area contributed by atoms with E-state index in [9.17, 15) is 4.79 Å². The van der Waals surface area contributed by atoms with Gasteiger partial charge in [0.15, 0.2) is 11.5 Å². The zero-order valence-corrected chi connectivity index (χ0v) is 13.9. The van der Waals surface area contributed by atoms with Gasteiger partial charge in [0.2, 0.25) is 11.7 Å². The minimum absolute atomic E-state index is 0.312. The first-order valence-electron chi connectivity index (χ1n) is 7.34. The first-order valence-corrected chi connectivity index (χ1v) is 7.34. The summed E-state index contributed by atoms with van der Waals surface area (Å²) < 4.78 is 15.8. The molecule has 128 valence electrons. The minimum Gasteiger partial charge on any atom is -0.493 e. The average Bonchev–Trinajstić information content (AvgIpc) is 2.61. The second kappa shape index (κ2) is 8.16. The van der Waals surface area contributed by atoms with Crippen molar-refractivity contribution in [1.82, 2.24) is 4.98 Å². The van der Waals surface area contributed by atoms with Crippen LogP contribution in [-0.4, -0.2) is 38.3 Å². The van der Waals surface area contributed by atoms with Gasteiger partial charge in [-0.05, 0) is 18.1 Å². The summed E-state index contributed by atoms with van der Waals surface area (Å²) >= 11 is 0. The van der Waals surface area contributed by atoms with E-state index in [1.165, 1.54) is 21.3 Å². The number of methoxy groups -OCH3 is 3. The molecule has 1 atom stereocenters. The quantitative estimate of drug-likeness (QED) is 0.800. The standard InChI is InChI=1S/C17H21N3O4/c1-22-14-8-12(9-15(23-2)16(14)24-3)20-17(21)13(18)7-11-5-4-6-19-10-11/h4-6,8-10,13H,7,18H2,1-3H3,(H,20,21). The Labute approximate surface area is 140 Å². The Morgan fingerprint density at radius 2 is 1.88 bits per heavy atom. The highest BCUT2D eigenvalue weighted by Gasteiger charge is 2.18. The molecule has 2 aromatic rings. The highest BCUT2D eigenvalue weighted by Crippen LogP contribution is 2.39. The van der Waals surface area contributed by atoms with Gasteiger partial charge < -0.3 is 25.3 Å². The highest BCUT2D eigenvalue weighted by molar-refractivity contribution is 5.95. The topological polar surface area (TPSA) is 95.7 Å². The normalized spacial score (nSPS) is 11.5. The van der Waals surface area contributed by atoms with Crippen molar-refractivity contribution in [2.24, 2.45) is 5.73 Å². The molecule has 24 heavy (non-hydrogen) atoms. The van der Waals surface area contributed by atoms with Gasteiger partial charge in [0.25, 0.3) is 0 Å². The van der Waals surface area contributed by atoms with Crippen molar-refractivity contribution in [3.8, 4) is 17.2 Å². The van der Waals surface area contributed by atoms with Crippen molar-refractivity contribution in [3.05, 3.63) is 42.2 Å². The van der Waals surface area contributed by atoms with Crippen molar-refractivity contribution >= 4 is 11.6 Å². The third kappa shape index (κ3) is 4.14. The number of nitrogens with two attached hydrogens (primary N) is 1. The smallest absolute Gasteiger partial charge is 0.241 e. The molecule has 1 heterocycles. The van der Waals surface area contributed by atoms with Crippen molar-refractivity contribution in [2.45, 2.75) is 12.5 Å². The molecular formula is C17H21N3O4. The number of amides is 1. The lowest BCUT2D eigenvalue weighted by Crippen LogP contribution is -2.37. The first kappa shape index (κ1) is 17.6. The van der Waals surface area contributed by atoms with Crippen LogP contribution in [0.25, 0.3) is 0 Å². The van der Waals surface area contributed by atoms with E-state index in [1.807, 2.05) is 6.07 Å². The lowest BCUT2D eigenvalue weighted by molar-refractivity contribution is -0.117. The monoisotopic (exact) mass is 331 g/mol. The van der Waals surface area contributed by atoms with Crippen LogP contribution < -0.4 is 25.3 Å². The molecule has 0 saturated heterocycles. The SMILES string of the molecule is COc1cc(NC(=O)C(N)Cc2cccnc2)cc(OC)c1OC. The number of carbonyl (C=O) groups excluding carboxylic acids is 1. The van der Waals surface area contributed by atoms with E-state index >= 15 is 0 Å². The van der Waals surface area contributed by atoms with Crippen LogP contribution in [0.15, 0.2) is 36.7 Å². The summed E-state index contributed by atoms with van der Waals surface area (Å²) in [4.78, 5) is 16.3. The van der Waals surface area contributed by atoms with Crippen LogP contribution in [0.4, 0.5) is 5.69 Å². The molecule has 7 heteroatoms. The molecule has 0 bridgehead atoms. The van der Waals surface area contributed by atoms with Gasteiger partial charge in [0, 0.05) is 30.2 Å². The van der Waals surface area contributed by atoms with Gasteiger partial charge in [-0.15, -0.1) is 0 Å². The summed E-state index contributed by atoms with van der Waals surface area (Å²) in [5.41, 5.74) is 7.37. The number of pyridine rings is 1. The van der Waals surface area contributed by atoms with E-state index in [2.05, 4.69) is 10.3 Å². The van der Waals surface area contributed by atoms with Crippen LogP contribution in [0.1, 0.15) is 5.56 Å². The average molecular weight is 331 g/mol. The maximum atomic E-state index is 12.3. The van der Waals surface area contributed by atoms with Crippen LogP contribution >= 0.6 is 0 Å². The molecule has 7 nitrogen and oxygen atoms in total. The fraction of sp³-hybridized carbons (Fsp3) is 0.294. The number of carbonyl (C=O) groups is 1. The number of ether oxygens (including phenoxy) is 3. The molecule has 2 rings (SSSR count). The number of nitrogens with zero attached hydrogens (tertiary/aromatic N) is 1. The zero-order valence-electron chi connectivity index (χ0n) is 13.9. The Kier molecular flexibility index (Phi) is 5.97. The predicted octanol–water partition coefficient (Wildman–Crippen LogP) is 1.62. The molecule has 0 saturated carbocycles. The van der Waals surface area contributed by atoms with E-state index in [0.717, 1.165) is 5.56 Å². The van der Waals surface area contributed by atoms with Crippen LogP contribution in [0.3, 0.4) is 0 Å². The Hall–Kier alpha value is -2.80. The molecule has 0 radical (unpaired) electrons. The lowest BCUT2D eigenvalue weighted by atomic mass is 10.1. The van der Waals surface area contributed by atoms with Gasteiger partial charge >= 0.3 is 0 Å². The van der Waals surface area contributed by atoms with E-state index in [0.29, 0.717) is 29.4 Å². The Balaban J connectivity index is 2.13. The first-order chi connectivity index (χ1) is 11.6. The number of aromatic nitrogens is 1. The number of anilines is 1. The van der Waals surface area contributed by atoms with Crippen molar-refractivity contribution in [2.75, 3.05) is 26.6 Å². The lowest BCUT2D eigenvalue weighted by Gasteiger charge is -2.16. The molecule has 3 N–H and O–H groups in total. The van der Waals surface area contributed by atoms with Gasteiger partial charge in [-0.1, -0.05) is 6.07 Å². The molecule has 0 aliphatic heterocycles. The van der Waals surface area contributed by atoms with E-state index in [4.69, 9.17) is 19.9 Å². The molecule has 0 aliphatic rings. The molecule has 1 unspecified atom stereocenters. The van der Waals surface area contributed by atoms with Gasteiger partial charge in [-0.3, -0.25) is 9.78 Å². The van der Waals surface area contributed by atoms with Gasteiger partial charge in [0.1, 0.15) is 0 Å². The third-order valence-electron chi connectivity index (χ3n) is 3.45. The van der Waals surface area contributed by atoms with Crippen LogP contribution in [0, 0.1) is 0 Å². The van der Waals surface area contributed by atoms with Crippen LogP contribution in [0.2, 0.25) is 0 Å². The van der Waals surface area contributed by atoms with Crippen LogP contribution in [-0.2, 0) is 11.2 Å². The van der Waals surface area contributed by atoms with E-state index in [-0.39, 0.29) is 5.91 Å². The van der Waals surface area contributed by atoms with Crippen molar-refractivity contribution in [3.63, 3.8) is 0 Å². The van der Waals surface area contributed by atoms with Gasteiger partial charge in [0.05, 0.1) is 27.4 Å². The number of hydrogen-bond donors (Lipinski definition) is 2. The van der Waals surface area contributed by atoms with Crippen LogP contribution in [0.5, 0.6) is 17.2 Å². The summed E-state index contributed by atoms with van der Waals surface area (Å²) in [6.07, 6.45) is 3.75. The maximum Gasteiger partial charge on any atom is 0.241 e. The largest absolute Gasteiger partial charge is 0.493 e. The fourth-order valence-electron chi connectivity index (χ4n) is 2.25. The summed E-state index contributed by atoms with van der Waals surface area (Å²) in [5, 5.41) is 2.76. The minimum atomic E-state index is -0.701. The van der Waals surface area contributed by atoms with E-state index < -0.39 is 6.04 Å². The van der Waals surface area contributed by atoms with Crippen molar-refractivity contribution < 1.29 is 19.0 Å². The molecule has 1 amide bonds. The molecular weight excluding hydrogens is 310 g/mol.